The molecule has 3 nitrogen and oxygen atoms in total. The molecule has 1 aliphatic carbocycles. The molecule has 0 aromatic rings. The third kappa shape index (κ3) is 0.904. The van der Waals surface area contributed by atoms with Crippen molar-refractivity contribution in [2.75, 3.05) is 20.3 Å². The summed E-state index contributed by atoms with van der Waals surface area (Å²) in [5, 5.41) is 0. The summed E-state index contributed by atoms with van der Waals surface area (Å²) in [5.74, 6) is 0.310. The van der Waals surface area contributed by atoms with Gasteiger partial charge in [-0.25, -0.2) is 0 Å². The van der Waals surface area contributed by atoms with Gasteiger partial charge in [0.2, 0.25) is 5.91 Å². The van der Waals surface area contributed by atoms with Crippen molar-refractivity contribution in [3.05, 3.63) is 0 Å². The minimum atomic E-state index is 0.310. The van der Waals surface area contributed by atoms with Crippen LogP contribution in [0.3, 0.4) is 0 Å². The van der Waals surface area contributed by atoms with Gasteiger partial charge < -0.3 is 4.90 Å². The molecule has 2 fully saturated rings. The second-order valence-corrected chi connectivity index (χ2v) is 3.25. The molecule has 0 unspecified atom stereocenters. The van der Waals surface area contributed by atoms with Gasteiger partial charge in [0, 0.05) is 6.04 Å². The molecule has 0 aromatic carbocycles. The maximum absolute atomic E-state index is 11.2. The van der Waals surface area contributed by atoms with E-state index in [1.165, 1.54) is 12.8 Å². The smallest absolute Gasteiger partial charge is 0.238 e. The van der Waals surface area contributed by atoms with E-state index in [2.05, 4.69) is 4.90 Å². The predicted molar refractivity (Wildman–Crippen MR) is 37.4 cm³/mol. The number of carbonyl (C=O) groups excluding carboxylic acids is 1. The van der Waals surface area contributed by atoms with Crippen LogP contribution in [-0.4, -0.2) is 42.0 Å². The summed E-state index contributed by atoms with van der Waals surface area (Å²) < 4.78 is 0. The van der Waals surface area contributed by atoms with Gasteiger partial charge in [-0.2, -0.15) is 0 Å². The van der Waals surface area contributed by atoms with Crippen LogP contribution in [0, 0.1) is 0 Å². The Morgan fingerprint density at radius 1 is 1.50 bits per heavy atom. The molecule has 2 rings (SSSR count). The van der Waals surface area contributed by atoms with Crippen LogP contribution >= 0.6 is 0 Å². The lowest BCUT2D eigenvalue weighted by Crippen LogP contribution is -2.28. The zero-order valence-corrected chi connectivity index (χ0v) is 6.21. The Morgan fingerprint density at radius 2 is 2.20 bits per heavy atom. The SMILES string of the molecule is CN1CC(=O)N(C2CC2)C1. The minimum Gasteiger partial charge on any atom is -0.326 e. The summed E-state index contributed by atoms with van der Waals surface area (Å²) >= 11 is 0. The summed E-state index contributed by atoms with van der Waals surface area (Å²) in [6.45, 7) is 1.47. The number of likely N-dealkylation sites (N-methyl/N-ethyl adjacent to an activating group) is 1. The second kappa shape index (κ2) is 1.95. The molecular weight excluding hydrogens is 128 g/mol. The molecule has 0 radical (unpaired) electrons. The van der Waals surface area contributed by atoms with E-state index in [4.69, 9.17) is 0 Å². The summed E-state index contributed by atoms with van der Waals surface area (Å²) in [5.41, 5.74) is 0. The summed E-state index contributed by atoms with van der Waals surface area (Å²) in [6.07, 6.45) is 2.44. The molecule has 10 heavy (non-hydrogen) atoms. The molecule has 0 spiro atoms. The average Bonchev–Trinajstić information content (AvgIpc) is 2.61. The van der Waals surface area contributed by atoms with Crippen molar-refractivity contribution in [1.82, 2.24) is 9.80 Å². The van der Waals surface area contributed by atoms with Gasteiger partial charge in [-0.15, -0.1) is 0 Å². The van der Waals surface area contributed by atoms with Crippen molar-refractivity contribution in [2.45, 2.75) is 18.9 Å². The lowest BCUT2D eigenvalue weighted by Gasteiger charge is -2.13. The molecule has 0 N–H and O–H groups in total. The van der Waals surface area contributed by atoms with E-state index in [1.807, 2.05) is 11.9 Å². The molecule has 2 aliphatic rings. The Hall–Kier alpha value is -0.570. The minimum absolute atomic E-state index is 0.310. The first-order valence-electron chi connectivity index (χ1n) is 3.75. The molecule has 0 bridgehead atoms. The Kier molecular flexibility index (Phi) is 1.20. The largest absolute Gasteiger partial charge is 0.326 e. The lowest BCUT2D eigenvalue weighted by atomic mass is 10.5. The van der Waals surface area contributed by atoms with E-state index >= 15 is 0 Å². The molecule has 56 valence electrons. The highest BCUT2D eigenvalue weighted by Crippen LogP contribution is 2.28. The zero-order valence-electron chi connectivity index (χ0n) is 6.21. The van der Waals surface area contributed by atoms with Crippen LogP contribution < -0.4 is 0 Å². The number of carbonyl (C=O) groups is 1. The molecule has 1 amide bonds. The zero-order chi connectivity index (χ0) is 7.14. The maximum atomic E-state index is 11.2. The highest BCUT2D eigenvalue weighted by molar-refractivity contribution is 5.80. The van der Waals surface area contributed by atoms with E-state index in [0.717, 1.165) is 6.67 Å². The summed E-state index contributed by atoms with van der Waals surface area (Å²) in [7, 11) is 1.99. The van der Waals surface area contributed by atoms with Gasteiger partial charge in [-0.1, -0.05) is 0 Å². The predicted octanol–water partition coefficient (Wildman–Crippen LogP) is -0.120. The third-order valence-corrected chi connectivity index (χ3v) is 2.11. The highest BCUT2D eigenvalue weighted by Gasteiger charge is 2.36. The van der Waals surface area contributed by atoms with Crippen molar-refractivity contribution in [3.63, 3.8) is 0 Å². The monoisotopic (exact) mass is 140 g/mol. The molecule has 1 heterocycles. The Labute approximate surface area is 60.6 Å². The first kappa shape index (κ1) is 6.16. The highest BCUT2D eigenvalue weighted by atomic mass is 16.2. The van der Waals surface area contributed by atoms with Gasteiger partial charge in [0.15, 0.2) is 0 Å². The first-order valence-corrected chi connectivity index (χ1v) is 3.75. The Balaban J connectivity index is 2.01. The van der Waals surface area contributed by atoms with Gasteiger partial charge in [0.05, 0.1) is 13.2 Å². The van der Waals surface area contributed by atoms with Crippen LogP contribution in [-0.2, 0) is 4.79 Å². The fourth-order valence-corrected chi connectivity index (χ4v) is 1.42. The van der Waals surface area contributed by atoms with Crippen LogP contribution in [0.2, 0.25) is 0 Å². The normalized spacial score (nSPS) is 28.1. The van der Waals surface area contributed by atoms with Gasteiger partial charge in [0.25, 0.3) is 0 Å². The van der Waals surface area contributed by atoms with Crippen LogP contribution in [0.25, 0.3) is 0 Å². The van der Waals surface area contributed by atoms with Crippen LogP contribution in [0.1, 0.15) is 12.8 Å². The average molecular weight is 140 g/mol. The van der Waals surface area contributed by atoms with Crippen molar-refractivity contribution in [1.29, 1.82) is 0 Å². The van der Waals surface area contributed by atoms with Crippen molar-refractivity contribution in [3.8, 4) is 0 Å². The van der Waals surface area contributed by atoms with E-state index in [-0.39, 0.29) is 0 Å². The van der Waals surface area contributed by atoms with Crippen LogP contribution in [0.5, 0.6) is 0 Å². The van der Waals surface area contributed by atoms with E-state index in [9.17, 15) is 4.79 Å². The third-order valence-electron chi connectivity index (χ3n) is 2.11. The van der Waals surface area contributed by atoms with E-state index in [0.29, 0.717) is 18.5 Å². The summed E-state index contributed by atoms with van der Waals surface area (Å²) in [4.78, 5) is 15.2. The molecule has 0 aromatic heterocycles. The molecule has 1 saturated heterocycles. The van der Waals surface area contributed by atoms with Gasteiger partial charge in [0.1, 0.15) is 0 Å². The van der Waals surface area contributed by atoms with E-state index < -0.39 is 0 Å². The molecular formula is C7H12N2O. The topological polar surface area (TPSA) is 23.6 Å². The Bertz CT molecular complexity index is 165. The quantitative estimate of drug-likeness (QED) is 0.507. The van der Waals surface area contributed by atoms with Crippen LogP contribution in [0.15, 0.2) is 0 Å². The van der Waals surface area contributed by atoms with Crippen molar-refractivity contribution in [2.24, 2.45) is 0 Å². The molecule has 1 aliphatic heterocycles. The van der Waals surface area contributed by atoms with Crippen molar-refractivity contribution >= 4 is 5.91 Å². The Morgan fingerprint density at radius 3 is 2.60 bits per heavy atom. The van der Waals surface area contributed by atoms with Gasteiger partial charge >= 0.3 is 0 Å². The molecule has 1 saturated carbocycles. The van der Waals surface area contributed by atoms with Crippen molar-refractivity contribution < 1.29 is 4.79 Å². The van der Waals surface area contributed by atoms with Gasteiger partial charge in [-0.05, 0) is 19.9 Å². The number of hydrogen-bond acceptors (Lipinski definition) is 2. The number of rotatable bonds is 1. The maximum Gasteiger partial charge on any atom is 0.238 e. The second-order valence-electron chi connectivity index (χ2n) is 3.25. The molecule has 0 atom stereocenters. The van der Waals surface area contributed by atoms with E-state index in [1.54, 1.807) is 0 Å². The standard InChI is InChI=1S/C7H12N2O/c1-8-4-7(10)9(5-8)6-2-3-6/h6H,2-5H2,1H3. The fraction of sp³-hybridized carbons (Fsp3) is 0.857. The fourth-order valence-electron chi connectivity index (χ4n) is 1.42. The molecule has 3 heteroatoms. The number of amides is 1. The van der Waals surface area contributed by atoms with Gasteiger partial charge in [-0.3, -0.25) is 9.69 Å². The first-order chi connectivity index (χ1) is 4.77. The lowest BCUT2D eigenvalue weighted by molar-refractivity contribution is -0.127. The number of hydrogen-bond donors (Lipinski definition) is 0. The number of nitrogens with zero attached hydrogens (tertiary/aromatic N) is 2. The summed E-state index contributed by atoms with van der Waals surface area (Å²) in [6, 6.07) is 0.595. The van der Waals surface area contributed by atoms with Crippen LogP contribution in [0.4, 0.5) is 0 Å².